The van der Waals surface area contributed by atoms with Crippen molar-refractivity contribution in [3.05, 3.63) is 12.7 Å². The number of ether oxygens (including phenoxy) is 2. The van der Waals surface area contributed by atoms with E-state index in [0.717, 1.165) is 0 Å². The molecule has 0 aromatic heterocycles. The van der Waals surface area contributed by atoms with Crippen molar-refractivity contribution in [1.82, 2.24) is 5.32 Å². The third-order valence-electron chi connectivity index (χ3n) is 1.70. The Morgan fingerprint density at radius 3 is 2.69 bits per heavy atom. The number of carboxylic acids is 1. The number of rotatable bonds is 9. The van der Waals surface area contributed by atoms with Gasteiger partial charge in [-0.3, -0.25) is 4.79 Å². The van der Waals surface area contributed by atoms with E-state index in [0.29, 0.717) is 13.2 Å². The van der Waals surface area contributed by atoms with E-state index >= 15 is 0 Å². The second kappa shape index (κ2) is 8.87. The molecule has 1 amide bonds. The van der Waals surface area contributed by atoms with Gasteiger partial charge >= 0.3 is 5.97 Å². The van der Waals surface area contributed by atoms with Crippen LogP contribution < -0.4 is 5.32 Å². The highest BCUT2D eigenvalue weighted by Crippen LogP contribution is 1.93. The molecule has 0 aliphatic carbocycles. The van der Waals surface area contributed by atoms with E-state index < -0.39 is 17.9 Å². The van der Waals surface area contributed by atoms with Crippen LogP contribution in [-0.4, -0.2) is 50.0 Å². The molecule has 0 spiro atoms. The monoisotopic (exact) mass is 231 g/mol. The smallest absolute Gasteiger partial charge is 0.326 e. The van der Waals surface area contributed by atoms with E-state index in [1.54, 1.807) is 0 Å². The second-order valence-corrected chi connectivity index (χ2v) is 3.03. The maximum Gasteiger partial charge on any atom is 0.326 e. The van der Waals surface area contributed by atoms with Crippen molar-refractivity contribution in [2.45, 2.75) is 12.5 Å². The average molecular weight is 231 g/mol. The minimum Gasteiger partial charge on any atom is -0.480 e. The molecule has 92 valence electrons. The number of carbonyl (C=O) groups is 2. The van der Waals surface area contributed by atoms with E-state index in [-0.39, 0.29) is 13.0 Å². The lowest BCUT2D eigenvalue weighted by Crippen LogP contribution is -2.42. The van der Waals surface area contributed by atoms with Gasteiger partial charge in [-0.25, -0.2) is 4.79 Å². The Morgan fingerprint density at radius 1 is 1.50 bits per heavy atom. The SMILES string of the molecule is C=CC[C@H](NC(=O)COCCOC)C(=O)O. The predicted octanol–water partition coefficient (Wildman–Crippen LogP) is -0.205. The number of hydrogen-bond donors (Lipinski definition) is 2. The fourth-order valence-electron chi connectivity index (χ4n) is 0.931. The van der Waals surface area contributed by atoms with Crippen molar-refractivity contribution < 1.29 is 24.2 Å². The van der Waals surface area contributed by atoms with Crippen LogP contribution in [0.2, 0.25) is 0 Å². The standard InChI is InChI=1S/C10H17NO5/c1-3-4-8(10(13)14)11-9(12)7-16-6-5-15-2/h3,8H,1,4-7H2,2H3,(H,11,12)(H,13,14)/t8-/m0/s1. The summed E-state index contributed by atoms with van der Waals surface area (Å²) in [5.74, 6) is -1.56. The number of methoxy groups -OCH3 is 1. The van der Waals surface area contributed by atoms with Crippen LogP contribution in [0.5, 0.6) is 0 Å². The van der Waals surface area contributed by atoms with Crippen molar-refractivity contribution in [2.24, 2.45) is 0 Å². The Hall–Kier alpha value is -1.40. The van der Waals surface area contributed by atoms with Crippen LogP contribution in [0.1, 0.15) is 6.42 Å². The lowest BCUT2D eigenvalue weighted by atomic mass is 10.2. The zero-order chi connectivity index (χ0) is 12.4. The molecule has 0 radical (unpaired) electrons. The molecule has 0 aliphatic rings. The van der Waals surface area contributed by atoms with Gasteiger partial charge in [0.1, 0.15) is 12.6 Å². The molecular weight excluding hydrogens is 214 g/mol. The maximum atomic E-state index is 11.2. The van der Waals surface area contributed by atoms with Crippen LogP contribution in [0.3, 0.4) is 0 Å². The van der Waals surface area contributed by atoms with Gasteiger partial charge in [0, 0.05) is 7.11 Å². The topological polar surface area (TPSA) is 84.9 Å². The highest BCUT2D eigenvalue weighted by atomic mass is 16.5. The number of aliphatic carboxylic acids is 1. The van der Waals surface area contributed by atoms with Gasteiger partial charge in [-0.05, 0) is 6.42 Å². The Bertz CT molecular complexity index is 241. The number of nitrogens with one attached hydrogen (secondary N) is 1. The van der Waals surface area contributed by atoms with Crippen molar-refractivity contribution in [3.63, 3.8) is 0 Å². The van der Waals surface area contributed by atoms with Gasteiger partial charge in [0.25, 0.3) is 0 Å². The van der Waals surface area contributed by atoms with Crippen LogP contribution >= 0.6 is 0 Å². The molecule has 2 N–H and O–H groups in total. The van der Waals surface area contributed by atoms with Gasteiger partial charge in [-0.1, -0.05) is 6.08 Å². The fraction of sp³-hybridized carbons (Fsp3) is 0.600. The van der Waals surface area contributed by atoms with Crippen molar-refractivity contribution in [3.8, 4) is 0 Å². The van der Waals surface area contributed by atoms with E-state index in [1.807, 2.05) is 0 Å². The molecule has 0 saturated heterocycles. The molecule has 1 atom stereocenters. The maximum absolute atomic E-state index is 11.2. The molecule has 0 rings (SSSR count). The quantitative estimate of drug-likeness (QED) is 0.424. The van der Waals surface area contributed by atoms with Gasteiger partial charge in [0.05, 0.1) is 13.2 Å². The van der Waals surface area contributed by atoms with Gasteiger partial charge < -0.3 is 19.9 Å². The molecule has 0 bridgehead atoms. The summed E-state index contributed by atoms with van der Waals surface area (Å²) in [6.07, 6.45) is 1.62. The minimum atomic E-state index is -1.09. The fourth-order valence-corrected chi connectivity index (χ4v) is 0.931. The van der Waals surface area contributed by atoms with Crippen LogP contribution in [-0.2, 0) is 19.1 Å². The molecule has 6 nitrogen and oxygen atoms in total. The summed E-state index contributed by atoms with van der Waals surface area (Å²) in [6, 6.07) is -0.948. The molecular formula is C10H17NO5. The summed E-state index contributed by atoms with van der Waals surface area (Å²) in [5, 5.41) is 11.1. The first-order valence-corrected chi connectivity index (χ1v) is 4.81. The van der Waals surface area contributed by atoms with Gasteiger partial charge in [0.15, 0.2) is 0 Å². The zero-order valence-electron chi connectivity index (χ0n) is 9.27. The second-order valence-electron chi connectivity index (χ2n) is 3.03. The third-order valence-corrected chi connectivity index (χ3v) is 1.70. The summed E-state index contributed by atoms with van der Waals surface area (Å²) in [7, 11) is 1.52. The number of carboxylic acid groups (broad SMARTS) is 1. The highest BCUT2D eigenvalue weighted by Gasteiger charge is 2.17. The first kappa shape index (κ1) is 14.6. The van der Waals surface area contributed by atoms with Crippen molar-refractivity contribution in [2.75, 3.05) is 26.9 Å². The van der Waals surface area contributed by atoms with Gasteiger partial charge in [0.2, 0.25) is 5.91 Å². The van der Waals surface area contributed by atoms with E-state index in [9.17, 15) is 9.59 Å². The largest absolute Gasteiger partial charge is 0.480 e. The molecule has 0 aromatic rings. The molecule has 0 aliphatic heterocycles. The number of hydrogen-bond acceptors (Lipinski definition) is 4. The van der Waals surface area contributed by atoms with Gasteiger partial charge in [-0.15, -0.1) is 6.58 Å². The van der Waals surface area contributed by atoms with Crippen LogP contribution in [0.25, 0.3) is 0 Å². The first-order chi connectivity index (χ1) is 7.61. The predicted molar refractivity (Wildman–Crippen MR) is 57.1 cm³/mol. The summed E-state index contributed by atoms with van der Waals surface area (Å²) < 4.78 is 9.66. The van der Waals surface area contributed by atoms with Crippen molar-refractivity contribution in [1.29, 1.82) is 0 Å². The van der Waals surface area contributed by atoms with E-state index in [4.69, 9.17) is 14.6 Å². The molecule has 6 heteroatoms. The third kappa shape index (κ3) is 6.97. The summed E-state index contributed by atoms with van der Waals surface area (Å²) in [6.45, 7) is 3.92. The number of amides is 1. The minimum absolute atomic E-state index is 0.176. The summed E-state index contributed by atoms with van der Waals surface area (Å²) in [4.78, 5) is 21.9. The van der Waals surface area contributed by atoms with Crippen LogP contribution in [0.4, 0.5) is 0 Å². The Kier molecular flexibility index (Phi) is 8.10. The molecule has 0 fully saturated rings. The lowest BCUT2D eigenvalue weighted by molar-refractivity contribution is -0.142. The highest BCUT2D eigenvalue weighted by molar-refractivity contribution is 5.84. The molecule has 0 aromatic carbocycles. The normalized spacial score (nSPS) is 11.8. The number of carbonyl (C=O) groups excluding carboxylic acids is 1. The lowest BCUT2D eigenvalue weighted by Gasteiger charge is -2.12. The molecule has 0 saturated carbocycles. The Labute approximate surface area is 94.2 Å². The van der Waals surface area contributed by atoms with Crippen LogP contribution in [0, 0.1) is 0 Å². The average Bonchev–Trinajstić information content (AvgIpc) is 2.23. The van der Waals surface area contributed by atoms with E-state index in [2.05, 4.69) is 11.9 Å². The zero-order valence-corrected chi connectivity index (χ0v) is 9.27. The molecule has 0 heterocycles. The summed E-state index contributed by atoms with van der Waals surface area (Å²) in [5.41, 5.74) is 0. The Morgan fingerprint density at radius 2 is 2.19 bits per heavy atom. The van der Waals surface area contributed by atoms with E-state index in [1.165, 1.54) is 13.2 Å². The molecule has 16 heavy (non-hydrogen) atoms. The summed E-state index contributed by atoms with van der Waals surface area (Å²) >= 11 is 0. The molecule has 0 unspecified atom stereocenters. The first-order valence-electron chi connectivity index (χ1n) is 4.81. The van der Waals surface area contributed by atoms with Crippen molar-refractivity contribution >= 4 is 11.9 Å². The van der Waals surface area contributed by atoms with Crippen LogP contribution in [0.15, 0.2) is 12.7 Å². The Balaban J connectivity index is 3.81. The van der Waals surface area contributed by atoms with Gasteiger partial charge in [-0.2, -0.15) is 0 Å².